The summed E-state index contributed by atoms with van der Waals surface area (Å²) in [7, 11) is 0. The molecule has 0 fully saturated rings. The second kappa shape index (κ2) is 6.01. The van der Waals surface area contributed by atoms with Crippen LogP contribution in [0.2, 0.25) is 0 Å². The number of H-pyrrole nitrogens is 2. The summed E-state index contributed by atoms with van der Waals surface area (Å²) >= 11 is 0. The molecule has 2 rings (SSSR count). The summed E-state index contributed by atoms with van der Waals surface area (Å²) in [5, 5.41) is 7.95. The van der Waals surface area contributed by atoms with Crippen LogP contribution in [-0.2, 0) is 9.53 Å². The molecule has 100 valence electrons. The van der Waals surface area contributed by atoms with Gasteiger partial charge in [-0.3, -0.25) is 19.8 Å². The van der Waals surface area contributed by atoms with Crippen molar-refractivity contribution in [3.63, 3.8) is 0 Å². The molecule has 19 heavy (non-hydrogen) atoms. The van der Waals surface area contributed by atoms with E-state index in [2.05, 4.69) is 15.5 Å². The van der Waals surface area contributed by atoms with Crippen LogP contribution in [0, 0.1) is 0 Å². The second-order valence-corrected chi connectivity index (χ2v) is 3.93. The lowest BCUT2D eigenvalue weighted by atomic mass is 10.1. The number of amides is 1. The molecule has 0 aliphatic rings. The minimum absolute atomic E-state index is 0.0450. The van der Waals surface area contributed by atoms with Crippen molar-refractivity contribution in [2.75, 3.05) is 18.5 Å². The quantitative estimate of drug-likeness (QED) is 0.759. The number of anilines is 1. The van der Waals surface area contributed by atoms with Gasteiger partial charge in [0.1, 0.15) is 6.61 Å². The highest BCUT2D eigenvalue weighted by Gasteiger charge is 2.03. The highest BCUT2D eigenvalue weighted by molar-refractivity contribution is 5.91. The number of aromatic amines is 2. The molecule has 6 heteroatoms. The average Bonchev–Trinajstić information content (AvgIpc) is 2.84. The third-order valence-corrected chi connectivity index (χ3v) is 2.51. The number of rotatable bonds is 5. The molecule has 2 aromatic rings. The zero-order chi connectivity index (χ0) is 13.7. The lowest BCUT2D eigenvalue weighted by molar-refractivity contribution is -0.120. The largest absolute Gasteiger partial charge is 0.372 e. The predicted molar refractivity (Wildman–Crippen MR) is 72.0 cm³/mol. The maximum Gasteiger partial charge on any atom is 0.264 e. The maximum atomic E-state index is 11.4. The summed E-state index contributed by atoms with van der Waals surface area (Å²) in [6.45, 7) is 2.39. The Morgan fingerprint density at radius 3 is 2.58 bits per heavy atom. The van der Waals surface area contributed by atoms with Crippen molar-refractivity contribution >= 4 is 11.6 Å². The van der Waals surface area contributed by atoms with Gasteiger partial charge in [-0.1, -0.05) is 12.1 Å². The van der Waals surface area contributed by atoms with Gasteiger partial charge in [0.2, 0.25) is 5.91 Å². The van der Waals surface area contributed by atoms with E-state index < -0.39 is 0 Å². The number of nitrogens with one attached hydrogen (secondary N) is 3. The molecule has 1 heterocycles. The van der Waals surface area contributed by atoms with Gasteiger partial charge in [0.25, 0.3) is 5.56 Å². The molecule has 1 aromatic carbocycles. The molecule has 0 unspecified atom stereocenters. The Bertz CT molecular complexity index is 598. The highest BCUT2D eigenvalue weighted by atomic mass is 16.5. The van der Waals surface area contributed by atoms with Gasteiger partial charge in [0.05, 0.1) is 5.69 Å². The molecular formula is C13H15N3O3. The van der Waals surface area contributed by atoms with Crippen LogP contribution in [0.5, 0.6) is 0 Å². The summed E-state index contributed by atoms with van der Waals surface area (Å²) < 4.78 is 5.01. The number of ether oxygens (including phenoxy) is 1. The van der Waals surface area contributed by atoms with Crippen molar-refractivity contribution in [2.24, 2.45) is 0 Å². The van der Waals surface area contributed by atoms with Crippen molar-refractivity contribution < 1.29 is 9.53 Å². The van der Waals surface area contributed by atoms with E-state index >= 15 is 0 Å². The summed E-state index contributed by atoms with van der Waals surface area (Å²) in [5.74, 6) is -0.190. The maximum absolute atomic E-state index is 11.4. The zero-order valence-corrected chi connectivity index (χ0v) is 10.5. The molecule has 0 radical (unpaired) electrons. The topological polar surface area (TPSA) is 87.0 Å². The van der Waals surface area contributed by atoms with Gasteiger partial charge in [-0.05, 0) is 24.6 Å². The van der Waals surface area contributed by atoms with E-state index in [1.54, 1.807) is 12.1 Å². The first-order valence-electron chi connectivity index (χ1n) is 5.94. The Hall–Kier alpha value is -2.34. The number of hydrogen-bond acceptors (Lipinski definition) is 3. The summed E-state index contributed by atoms with van der Waals surface area (Å²) in [5.41, 5.74) is 2.08. The third-order valence-electron chi connectivity index (χ3n) is 2.51. The Morgan fingerprint density at radius 2 is 2.00 bits per heavy atom. The van der Waals surface area contributed by atoms with Crippen LogP contribution < -0.4 is 10.9 Å². The molecule has 1 amide bonds. The summed E-state index contributed by atoms with van der Waals surface area (Å²) in [4.78, 5) is 22.5. The third kappa shape index (κ3) is 3.56. The standard InChI is InChI=1S/C13H15N3O3/c1-2-19-8-13(18)14-10-5-3-9(4-6-10)11-7-12(17)16-15-11/h3-7H,2,8H2,1H3,(H,14,18)(H2,15,16,17). The number of hydrogen-bond donors (Lipinski definition) is 3. The van der Waals surface area contributed by atoms with Crippen LogP contribution in [0.3, 0.4) is 0 Å². The molecule has 6 nitrogen and oxygen atoms in total. The van der Waals surface area contributed by atoms with Crippen LogP contribution in [-0.4, -0.2) is 29.3 Å². The average molecular weight is 261 g/mol. The van der Waals surface area contributed by atoms with Crippen molar-refractivity contribution in [3.05, 3.63) is 40.7 Å². The van der Waals surface area contributed by atoms with E-state index in [4.69, 9.17) is 4.74 Å². The van der Waals surface area contributed by atoms with E-state index in [9.17, 15) is 9.59 Å². The van der Waals surface area contributed by atoms with Gasteiger partial charge in [-0.15, -0.1) is 0 Å². The first-order valence-corrected chi connectivity index (χ1v) is 5.94. The van der Waals surface area contributed by atoms with Crippen molar-refractivity contribution in [1.29, 1.82) is 0 Å². The SMILES string of the molecule is CCOCC(=O)Nc1ccc(-c2cc(=O)[nH][nH]2)cc1. The summed E-state index contributed by atoms with van der Waals surface area (Å²) in [6, 6.07) is 8.64. The first kappa shape index (κ1) is 13.1. The zero-order valence-electron chi connectivity index (χ0n) is 10.5. The van der Waals surface area contributed by atoms with E-state index in [1.807, 2.05) is 19.1 Å². The summed E-state index contributed by atoms with van der Waals surface area (Å²) in [6.07, 6.45) is 0. The Labute approximate surface area is 109 Å². The predicted octanol–water partition coefficient (Wildman–Crippen LogP) is 1.34. The Balaban J connectivity index is 2.02. The number of aromatic nitrogens is 2. The van der Waals surface area contributed by atoms with Gasteiger partial charge in [-0.2, -0.15) is 0 Å². The lowest BCUT2D eigenvalue weighted by Gasteiger charge is -2.05. The van der Waals surface area contributed by atoms with E-state index in [1.165, 1.54) is 6.07 Å². The van der Waals surface area contributed by atoms with E-state index in [-0.39, 0.29) is 18.1 Å². The molecule has 0 saturated heterocycles. The Morgan fingerprint density at radius 1 is 1.26 bits per heavy atom. The first-order chi connectivity index (χ1) is 9.19. The fraction of sp³-hybridized carbons (Fsp3) is 0.231. The number of carbonyl (C=O) groups is 1. The van der Waals surface area contributed by atoms with Crippen LogP contribution >= 0.6 is 0 Å². The fourth-order valence-corrected chi connectivity index (χ4v) is 1.61. The van der Waals surface area contributed by atoms with Gasteiger partial charge >= 0.3 is 0 Å². The van der Waals surface area contributed by atoms with Crippen LogP contribution in [0.25, 0.3) is 11.3 Å². The molecule has 0 aliphatic heterocycles. The van der Waals surface area contributed by atoms with Gasteiger partial charge in [0.15, 0.2) is 0 Å². The van der Waals surface area contributed by atoms with Crippen molar-refractivity contribution in [1.82, 2.24) is 10.2 Å². The Kier molecular flexibility index (Phi) is 4.15. The van der Waals surface area contributed by atoms with Crippen LogP contribution in [0.4, 0.5) is 5.69 Å². The monoisotopic (exact) mass is 261 g/mol. The number of carbonyl (C=O) groups excluding carboxylic acids is 1. The number of benzene rings is 1. The normalized spacial score (nSPS) is 10.4. The van der Waals surface area contributed by atoms with E-state index in [0.29, 0.717) is 18.0 Å². The van der Waals surface area contributed by atoms with Gasteiger partial charge < -0.3 is 10.1 Å². The van der Waals surface area contributed by atoms with Crippen molar-refractivity contribution in [3.8, 4) is 11.3 Å². The molecule has 0 atom stereocenters. The minimum Gasteiger partial charge on any atom is -0.372 e. The molecule has 3 N–H and O–H groups in total. The molecule has 0 spiro atoms. The molecule has 0 aliphatic carbocycles. The van der Waals surface area contributed by atoms with Gasteiger partial charge in [-0.25, -0.2) is 0 Å². The molecule has 1 aromatic heterocycles. The molecule has 0 bridgehead atoms. The van der Waals surface area contributed by atoms with E-state index in [0.717, 1.165) is 5.56 Å². The van der Waals surface area contributed by atoms with Gasteiger partial charge in [0, 0.05) is 18.4 Å². The van der Waals surface area contributed by atoms with Crippen molar-refractivity contribution in [2.45, 2.75) is 6.92 Å². The lowest BCUT2D eigenvalue weighted by Crippen LogP contribution is -2.18. The smallest absolute Gasteiger partial charge is 0.264 e. The molecule has 0 saturated carbocycles. The highest BCUT2D eigenvalue weighted by Crippen LogP contribution is 2.17. The van der Waals surface area contributed by atoms with Crippen LogP contribution in [0.1, 0.15) is 6.92 Å². The minimum atomic E-state index is -0.190. The molecular weight excluding hydrogens is 246 g/mol. The van der Waals surface area contributed by atoms with Crippen LogP contribution in [0.15, 0.2) is 35.1 Å². The fourth-order valence-electron chi connectivity index (χ4n) is 1.61. The second-order valence-electron chi connectivity index (χ2n) is 3.93.